The molecular formula is C25H22Br2N5O2S+. The minimum Gasteiger partial charge on any atom is -0.506 e. The van der Waals surface area contributed by atoms with E-state index in [1.165, 1.54) is 23.5 Å². The van der Waals surface area contributed by atoms with E-state index in [0.29, 0.717) is 15.2 Å². The maximum atomic E-state index is 12.5. The molecule has 1 heterocycles. The average molecular weight is 616 g/mol. The summed E-state index contributed by atoms with van der Waals surface area (Å²) >= 11 is 7.94. The number of aromatic nitrogens is 3. The van der Waals surface area contributed by atoms with Crippen molar-refractivity contribution in [2.45, 2.75) is 19.0 Å². The molecule has 3 N–H and O–H groups in total. The number of hydrazone groups is 1. The van der Waals surface area contributed by atoms with Crippen LogP contribution >= 0.6 is 43.6 Å². The predicted molar refractivity (Wildman–Crippen MR) is 145 cm³/mol. The molecule has 178 valence electrons. The lowest BCUT2D eigenvalue weighted by molar-refractivity contribution is -0.625. The first-order valence-corrected chi connectivity index (χ1v) is 13.2. The fourth-order valence-electron chi connectivity index (χ4n) is 3.25. The van der Waals surface area contributed by atoms with Gasteiger partial charge in [-0.25, -0.2) is 5.43 Å². The Labute approximate surface area is 223 Å². The monoisotopic (exact) mass is 614 g/mol. The number of aromatic amines is 1. The summed E-state index contributed by atoms with van der Waals surface area (Å²) in [6, 6.07) is 19.7. The number of halogens is 2. The summed E-state index contributed by atoms with van der Waals surface area (Å²) in [7, 11) is 0. The molecule has 0 aliphatic carbocycles. The number of H-pyrrole nitrogens is 1. The van der Waals surface area contributed by atoms with Gasteiger partial charge in [0.1, 0.15) is 11.4 Å². The number of hydrogen-bond acceptors (Lipinski definition) is 5. The number of phenols is 1. The molecule has 0 aliphatic rings. The zero-order chi connectivity index (χ0) is 24.9. The molecule has 4 aromatic rings. The van der Waals surface area contributed by atoms with Gasteiger partial charge in [-0.15, -0.1) is 5.10 Å². The summed E-state index contributed by atoms with van der Waals surface area (Å²) in [6.45, 7) is 4.09. The normalized spacial score (nSPS) is 11.2. The maximum Gasteiger partial charge on any atom is 0.342 e. The van der Waals surface area contributed by atoms with Crippen LogP contribution in [0.25, 0.3) is 17.1 Å². The van der Waals surface area contributed by atoms with Gasteiger partial charge >= 0.3 is 5.16 Å². The third kappa shape index (κ3) is 6.19. The quantitative estimate of drug-likeness (QED) is 0.112. The number of nitrogens with zero attached hydrogens (tertiary/aromatic N) is 3. The van der Waals surface area contributed by atoms with Gasteiger partial charge in [0.15, 0.2) is 0 Å². The molecule has 0 aliphatic heterocycles. The van der Waals surface area contributed by atoms with E-state index in [1.54, 1.807) is 12.1 Å². The molecule has 0 unspecified atom stereocenters. The number of nitrogens with one attached hydrogen (secondary N) is 2. The number of amides is 1. The fraction of sp³-hybridized carbons (Fsp3) is 0.120. The van der Waals surface area contributed by atoms with E-state index in [4.69, 9.17) is 0 Å². The third-order valence-electron chi connectivity index (χ3n) is 5.07. The average Bonchev–Trinajstić information content (AvgIpc) is 3.25. The topological polar surface area (TPSA) is 94.2 Å². The van der Waals surface area contributed by atoms with Gasteiger partial charge in [0.2, 0.25) is 0 Å². The number of aromatic hydroxyl groups is 1. The molecule has 0 fully saturated rings. The molecule has 7 nitrogen and oxygen atoms in total. The second-order valence-electron chi connectivity index (χ2n) is 7.80. The van der Waals surface area contributed by atoms with E-state index in [1.807, 2.05) is 54.8 Å². The molecule has 3 aromatic carbocycles. The van der Waals surface area contributed by atoms with E-state index in [0.717, 1.165) is 27.1 Å². The Morgan fingerprint density at radius 2 is 1.77 bits per heavy atom. The van der Waals surface area contributed by atoms with Crippen molar-refractivity contribution in [3.8, 4) is 22.8 Å². The first-order chi connectivity index (χ1) is 16.8. The molecule has 35 heavy (non-hydrogen) atoms. The molecule has 10 heteroatoms. The molecule has 0 spiro atoms. The second-order valence-corrected chi connectivity index (χ2v) is 10.5. The Morgan fingerprint density at radius 1 is 1.11 bits per heavy atom. The SMILES string of the molecule is Cc1ccc(-c2[nH]nc(SCC(=O)NN=Cc3cc(Br)cc(Br)c3O)[n+]2-c2ccc(C)cc2)cc1. The Balaban J connectivity index is 1.51. The summed E-state index contributed by atoms with van der Waals surface area (Å²) in [4.78, 5) is 12.5. The van der Waals surface area contributed by atoms with Crippen LogP contribution in [0, 0.1) is 13.8 Å². The van der Waals surface area contributed by atoms with Crippen LogP contribution in [0.15, 0.2) is 79.9 Å². The van der Waals surface area contributed by atoms with Gasteiger partial charge in [0.05, 0.1) is 27.1 Å². The molecule has 4 rings (SSSR count). The number of rotatable bonds is 7. The Hall–Kier alpha value is -2.95. The van der Waals surface area contributed by atoms with Crippen LogP contribution in [0.1, 0.15) is 16.7 Å². The number of thioether (sulfide) groups is 1. The lowest BCUT2D eigenvalue weighted by atomic mass is 10.1. The number of carbonyl (C=O) groups excluding carboxylic acids is 1. The molecule has 0 saturated carbocycles. The van der Waals surface area contributed by atoms with Crippen molar-refractivity contribution in [2.24, 2.45) is 5.10 Å². The first-order valence-electron chi connectivity index (χ1n) is 10.6. The predicted octanol–water partition coefficient (Wildman–Crippen LogP) is 5.44. The number of aryl methyl sites for hydroxylation is 2. The summed E-state index contributed by atoms with van der Waals surface area (Å²) in [5.41, 5.74) is 7.22. The first kappa shape index (κ1) is 25.2. The summed E-state index contributed by atoms with van der Waals surface area (Å²) < 4.78 is 3.30. The molecule has 1 amide bonds. The highest BCUT2D eigenvalue weighted by molar-refractivity contribution is 9.11. The highest BCUT2D eigenvalue weighted by Gasteiger charge is 2.24. The van der Waals surface area contributed by atoms with Gasteiger partial charge < -0.3 is 5.11 Å². The molecule has 0 saturated heterocycles. The molecule has 1 aromatic heterocycles. The molecule has 0 bridgehead atoms. The van der Waals surface area contributed by atoms with Gasteiger partial charge in [-0.1, -0.05) is 51.3 Å². The van der Waals surface area contributed by atoms with Crippen LogP contribution in [-0.4, -0.2) is 33.2 Å². The van der Waals surface area contributed by atoms with Crippen LogP contribution in [0.4, 0.5) is 0 Å². The Kier molecular flexibility index (Phi) is 8.04. The summed E-state index contributed by atoms with van der Waals surface area (Å²) in [5.74, 6) is 0.677. The van der Waals surface area contributed by atoms with Crippen molar-refractivity contribution in [3.63, 3.8) is 0 Å². The minimum atomic E-state index is -0.296. The molecular weight excluding hydrogens is 594 g/mol. The Morgan fingerprint density at radius 3 is 2.46 bits per heavy atom. The number of benzene rings is 3. The van der Waals surface area contributed by atoms with E-state index in [2.05, 4.69) is 64.7 Å². The largest absolute Gasteiger partial charge is 0.506 e. The van der Waals surface area contributed by atoms with Crippen LogP contribution < -0.4 is 9.99 Å². The maximum absolute atomic E-state index is 12.5. The van der Waals surface area contributed by atoms with E-state index >= 15 is 0 Å². The van der Waals surface area contributed by atoms with Crippen molar-refractivity contribution in [1.82, 2.24) is 15.6 Å². The van der Waals surface area contributed by atoms with Crippen LogP contribution in [0.2, 0.25) is 0 Å². The highest BCUT2D eigenvalue weighted by Crippen LogP contribution is 2.30. The van der Waals surface area contributed by atoms with Crippen molar-refractivity contribution < 1.29 is 14.5 Å². The lowest BCUT2D eigenvalue weighted by Crippen LogP contribution is -2.34. The summed E-state index contributed by atoms with van der Waals surface area (Å²) in [5, 5.41) is 22.3. The van der Waals surface area contributed by atoms with E-state index in [9.17, 15) is 9.90 Å². The zero-order valence-corrected chi connectivity index (χ0v) is 22.9. The minimum absolute atomic E-state index is 0.0415. The Bertz CT molecular complexity index is 1390. The van der Waals surface area contributed by atoms with Crippen molar-refractivity contribution in [1.29, 1.82) is 0 Å². The number of phenolic OH excluding ortho intramolecular Hbond substituents is 1. The molecule has 0 radical (unpaired) electrons. The van der Waals surface area contributed by atoms with Gasteiger partial charge in [0.25, 0.3) is 11.7 Å². The number of hydrogen-bond donors (Lipinski definition) is 3. The third-order valence-corrected chi connectivity index (χ3v) is 7.07. The van der Waals surface area contributed by atoms with E-state index < -0.39 is 0 Å². The van der Waals surface area contributed by atoms with E-state index in [-0.39, 0.29) is 17.4 Å². The van der Waals surface area contributed by atoms with Crippen LogP contribution in [0.5, 0.6) is 5.75 Å². The van der Waals surface area contributed by atoms with Gasteiger partial charge in [-0.2, -0.15) is 9.67 Å². The lowest BCUT2D eigenvalue weighted by Gasteiger charge is -2.05. The van der Waals surface area contributed by atoms with Crippen LogP contribution in [0.3, 0.4) is 0 Å². The van der Waals surface area contributed by atoms with Gasteiger partial charge in [-0.05, 0) is 77.9 Å². The summed E-state index contributed by atoms with van der Waals surface area (Å²) in [6.07, 6.45) is 1.39. The fourth-order valence-corrected chi connectivity index (χ4v) is 5.27. The van der Waals surface area contributed by atoms with Crippen molar-refractivity contribution >= 4 is 55.7 Å². The zero-order valence-electron chi connectivity index (χ0n) is 18.9. The highest BCUT2D eigenvalue weighted by atomic mass is 79.9. The second kappa shape index (κ2) is 11.2. The van der Waals surface area contributed by atoms with Gasteiger partial charge in [0, 0.05) is 10.0 Å². The number of carbonyl (C=O) groups is 1. The van der Waals surface area contributed by atoms with Gasteiger partial charge in [-0.3, -0.25) is 4.79 Å². The van der Waals surface area contributed by atoms with Crippen molar-refractivity contribution in [3.05, 3.63) is 86.3 Å². The smallest absolute Gasteiger partial charge is 0.342 e. The molecule has 0 atom stereocenters. The van der Waals surface area contributed by atoms with Crippen molar-refractivity contribution in [2.75, 3.05) is 5.75 Å². The van der Waals surface area contributed by atoms with Crippen LogP contribution in [-0.2, 0) is 4.79 Å². The standard InChI is InChI=1S/C25H21Br2N5O2S/c1-15-3-7-17(8-4-15)24-30-31-25(32(24)20-9-5-16(2)6-10-20)35-14-22(33)29-28-13-18-11-19(26)12-21(27)23(18)34/h3-13H,14H2,1-2H3,(H2,28,29,33,34)/p+1.